The number of rotatable bonds is 11. The van der Waals surface area contributed by atoms with Crippen LogP contribution < -0.4 is 4.74 Å². The van der Waals surface area contributed by atoms with Gasteiger partial charge >= 0.3 is 0 Å². The van der Waals surface area contributed by atoms with Crippen LogP contribution in [0.15, 0.2) is 78.9 Å². The molecule has 0 spiro atoms. The van der Waals surface area contributed by atoms with Crippen LogP contribution >= 0.6 is 12.4 Å². The van der Waals surface area contributed by atoms with Crippen LogP contribution in [0.3, 0.4) is 0 Å². The average Bonchev–Trinajstić information content (AvgIpc) is 3.00. The zero-order chi connectivity index (χ0) is 27.7. The van der Waals surface area contributed by atoms with Gasteiger partial charge in [0.05, 0.1) is 6.61 Å². The van der Waals surface area contributed by atoms with Gasteiger partial charge < -0.3 is 9.64 Å². The molecule has 0 amide bonds. The minimum atomic E-state index is -0.158. The van der Waals surface area contributed by atoms with Crippen molar-refractivity contribution in [3.63, 3.8) is 0 Å². The van der Waals surface area contributed by atoms with Crippen molar-refractivity contribution in [1.82, 2.24) is 19.6 Å². The highest BCUT2D eigenvalue weighted by molar-refractivity contribution is 5.85. The lowest BCUT2D eigenvalue weighted by Gasteiger charge is -2.43. The Morgan fingerprint density at radius 2 is 1.27 bits per heavy atom. The fourth-order valence-corrected chi connectivity index (χ4v) is 5.97. The predicted molar refractivity (Wildman–Crippen MR) is 170 cm³/mol. The number of hydrogen-bond acceptors (Lipinski definition) is 5. The summed E-state index contributed by atoms with van der Waals surface area (Å²) in [6.45, 7) is 16.0. The summed E-state index contributed by atoms with van der Waals surface area (Å²) in [5.41, 5.74) is 3.67. The fraction of sp³-hybridized carbons (Fsp3) is 0.471. The molecule has 0 aliphatic carbocycles. The summed E-state index contributed by atoms with van der Waals surface area (Å²) in [7, 11) is 0. The van der Waals surface area contributed by atoms with Crippen LogP contribution in [0, 0.1) is 5.82 Å². The number of piperazine rings is 2. The second-order valence-corrected chi connectivity index (χ2v) is 11.5. The number of nitrogens with zero attached hydrogens (tertiary/aromatic N) is 4. The summed E-state index contributed by atoms with van der Waals surface area (Å²) in [5.74, 6) is 0.777. The third-order valence-corrected chi connectivity index (χ3v) is 8.52. The molecule has 2 saturated heterocycles. The Bertz CT molecular complexity index is 1150. The highest BCUT2D eigenvalue weighted by atomic mass is 35.5. The van der Waals surface area contributed by atoms with Gasteiger partial charge in [-0.3, -0.25) is 14.7 Å². The van der Waals surface area contributed by atoms with Crippen molar-refractivity contribution in [3.8, 4) is 16.9 Å². The Labute approximate surface area is 252 Å². The van der Waals surface area contributed by atoms with Crippen molar-refractivity contribution in [2.75, 3.05) is 72.1 Å². The van der Waals surface area contributed by atoms with Crippen molar-refractivity contribution in [2.24, 2.45) is 0 Å². The molecule has 3 aromatic rings. The molecule has 0 saturated carbocycles. The second-order valence-electron chi connectivity index (χ2n) is 11.5. The Balaban J connectivity index is 0.00000387. The highest BCUT2D eigenvalue weighted by Gasteiger charge is 2.28. The van der Waals surface area contributed by atoms with Crippen LogP contribution in [0.5, 0.6) is 5.75 Å². The Kier molecular flexibility index (Phi) is 12.0. The van der Waals surface area contributed by atoms with Gasteiger partial charge in [0, 0.05) is 77.5 Å². The van der Waals surface area contributed by atoms with Gasteiger partial charge in [-0.1, -0.05) is 54.6 Å². The van der Waals surface area contributed by atoms with E-state index >= 15 is 0 Å². The molecule has 2 aliphatic heterocycles. The van der Waals surface area contributed by atoms with Crippen LogP contribution in [0.2, 0.25) is 0 Å². The smallest absolute Gasteiger partial charge is 0.123 e. The summed E-state index contributed by atoms with van der Waals surface area (Å²) in [6.07, 6.45) is 1.03. The van der Waals surface area contributed by atoms with Gasteiger partial charge in [0.2, 0.25) is 0 Å². The molecule has 0 radical (unpaired) electrons. The first-order valence-electron chi connectivity index (χ1n) is 15.0. The van der Waals surface area contributed by atoms with E-state index in [0.29, 0.717) is 12.1 Å². The molecular formula is C34H46ClFN4O. The first kappa shape index (κ1) is 31.5. The monoisotopic (exact) mass is 580 g/mol. The summed E-state index contributed by atoms with van der Waals surface area (Å²) in [4.78, 5) is 10.3. The van der Waals surface area contributed by atoms with E-state index in [1.165, 1.54) is 16.7 Å². The molecular weight excluding hydrogens is 535 g/mol. The van der Waals surface area contributed by atoms with Crippen LogP contribution in [-0.2, 0) is 0 Å². The molecule has 0 bridgehead atoms. The molecule has 222 valence electrons. The molecule has 0 N–H and O–H groups in total. The maximum absolute atomic E-state index is 13.7. The van der Waals surface area contributed by atoms with Crippen LogP contribution in [-0.4, -0.2) is 97.7 Å². The van der Waals surface area contributed by atoms with Gasteiger partial charge in [0.1, 0.15) is 11.6 Å². The fourth-order valence-electron chi connectivity index (χ4n) is 5.97. The molecule has 7 heteroatoms. The third-order valence-electron chi connectivity index (χ3n) is 8.52. The first-order chi connectivity index (χ1) is 19.5. The van der Waals surface area contributed by atoms with Gasteiger partial charge in [-0.2, -0.15) is 0 Å². The molecule has 41 heavy (non-hydrogen) atoms. The van der Waals surface area contributed by atoms with Gasteiger partial charge in [-0.15, -0.1) is 12.4 Å². The molecule has 1 atom stereocenters. The number of ether oxygens (including phenoxy) is 1. The molecule has 0 aromatic heterocycles. The topological polar surface area (TPSA) is 22.2 Å². The van der Waals surface area contributed by atoms with E-state index in [9.17, 15) is 4.39 Å². The predicted octanol–water partition coefficient (Wildman–Crippen LogP) is 6.07. The number of benzene rings is 3. The maximum Gasteiger partial charge on any atom is 0.123 e. The van der Waals surface area contributed by atoms with Crippen molar-refractivity contribution in [1.29, 1.82) is 0 Å². The maximum atomic E-state index is 13.7. The van der Waals surface area contributed by atoms with Gasteiger partial charge in [-0.05, 0) is 61.2 Å². The lowest BCUT2D eigenvalue weighted by Crippen LogP contribution is -2.53. The molecule has 5 rings (SSSR count). The largest absolute Gasteiger partial charge is 0.494 e. The standard InChI is InChI=1S/C34H45FN4O.ClH/c1-28(2)38-22-24-39(25-23-38)34(31-9-13-32(35)14-10-31)27-37-20-18-36(19-21-37)17-6-26-40-33-15-11-30(12-16-33)29-7-4-3-5-8-29;/h3-5,7-16,28,34H,6,17-27H2,1-2H3;1H. The zero-order valence-corrected chi connectivity index (χ0v) is 25.4. The number of halogens is 2. The van der Waals surface area contributed by atoms with Crippen molar-refractivity contribution in [3.05, 3.63) is 90.2 Å². The number of hydrogen-bond donors (Lipinski definition) is 0. The first-order valence-corrected chi connectivity index (χ1v) is 15.0. The minimum absolute atomic E-state index is 0. The van der Waals surface area contributed by atoms with Crippen LogP contribution in [0.1, 0.15) is 31.9 Å². The highest BCUT2D eigenvalue weighted by Crippen LogP contribution is 2.25. The van der Waals surface area contributed by atoms with E-state index in [1.807, 2.05) is 18.2 Å². The van der Waals surface area contributed by atoms with Crippen LogP contribution in [0.25, 0.3) is 11.1 Å². The summed E-state index contributed by atoms with van der Waals surface area (Å²) in [5, 5.41) is 0. The summed E-state index contributed by atoms with van der Waals surface area (Å²) in [6, 6.07) is 26.9. The quantitative estimate of drug-likeness (QED) is 0.256. The zero-order valence-electron chi connectivity index (χ0n) is 24.6. The van der Waals surface area contributed by atoms with E-state index in [4.69, 9.17) is 4.74 Å². The van der Waals surface area contributed by atoms with Crippen molar-refractivity contribution >= 4 is 12.4 Å². The lowest BCUT2D eigenvalue weighted by atomic mass is 10.0. The Hall–Kier alpha value is -2.48. The molecule has 1 unspecified atom stereocenters. The van der Waals surface area contributed by atoms with E-state index < -0.39 is 0 Å². The van der Waals surface area contributed by atoms with E-state index in [1.54, 1.807) is 12.1 Å². The summed E-state index contributed by atoms with van der Waals surface area (Å²) >= 11 is 0. The Morgan fingerprint density at radius 1 is 0.683 bits per heavy atom. The van der Waals surface area contributed by atoms with Gasteiger partial charge in [0.15, 0.2) is 0 Å². The van der Waals surface area contributed by atoms with Gasteiger partial charge in [-0.25, -0.2) is 4.39 Å². The van der Waals surface area contributed by atoms with Crippen molar-refractivity contribution < 1.29 is 9.13 Å². The SMILES string of the molecule is CC(C)N1CCN(C(CN2CCN(CCCOc3ccc(-c4ccccc4)cc3)CC2)c2ccc(F)cc2)CC1.Cl. The molecule has 2 heterocycles. The van der Waals surface area contributed by atoms with Crippen molar-refractivity contribution in [2.45, 2.75) is 32.4 Å². The van der Waals surface area contributed by atoms with Crippen LogP contribution in [0.4, 0.5) is 4.39 Å². The lowest BCUT2D eigenvalue weighted by molar-refractivity contribution is 0.0476. The van der Waals surface area contributed by atoms with E-state index in [0.717, 1.165) is 84.2 Å². The summed E-state index contributed by atoms with van der Waals surface area (Å²) < 4.78 is 19.7. The molecule has 2 fully saturated rings. The Morgan fingerprint density at radius 3 is 1.90 bits per heavy atom. The molecule has 3 aromatic carbocycles. The second kappa shape index (κ2) is 15.7. The third kappa shape index (κ3) is 9.00. The normalized spacial score (nSPS) is 18.2. The van der Waals surface area contributed by atoms with E-state index in [-0.39, 0.29) is 18.2 Å². The van der Waals surface area contributed by atoms with Gasteiger partial charge in [0.25, 0.3) is 0 Å². The van der Waals surface area contributed by atoms with E-state index in [2.05, 4.69) is 82.0 Å². The molecule has 2 aliphatic rings. The molecule has 5 nitrogen and oxygen atoms in total. The minimum Gasteiger partial charge on any atom is -0.494 e. The average molecular weight is 581 g/mol.